The smallest absolute Gasteiger partial charge is 0.274 e. The molecule has 3 heterocycles. The molecule has 0 bridgehead atoms. The standard InChI is InChI=1S/C20H24N4O3/c1-22-16-4-2-3-15(16)19(21-22)20(25)24-9-7-23(8-10-24)12-14-5-6-17-18(11-14)27-13-26-17/h5-6,11H,2-4,7-10,12-13H2,1H3. The summed E-state index contributed by atoms with van der Waals surface area (Å²) in [4.78, 5) is 17.3. The third-order valence-corrected chi connectivity index (χ3v) is 5.82. The van der Waals surface area contributed by atoms with E-state index in [1.54, 1.807) is 0 Å². The number of fused-ring (bicyclic) bond motifs is 2. The molecule has 1 aromatic heterocycles. The molecule has 3 aliphatic rings. The molecule has 0 spiro atoms. The zero-order valence-corrected chi connectivity index (χ0v) is 15.6. The average molecular weight is 368 g/mol. The van der Waals surface area contributed by atoms with Gasteiger partial charge in [-0.05, 0) is 37.0 Å². The molecule has 1 aromatic carbocycles. The summed E-state index contributed by atoms with van der Waals surface area (Å²) in [6.07, 6.45) is 3.15. The molecule has 0 N–H and O–H groups in total. The Kier molecular flexibility index (Phi) is 4.04. The average Bonchev–Trinajstić information content (AvgIpc) is 3.40. The van der Waals surface area contributed by atoms with Gasteiger partial charge in [-0.25, -0.2) is 0 Å². The predicted octanol–water partition coefficient (Wildman–Crippen LogP) is 1.60. The molecule has 1 fully saturated rings. The first-order valence-corrected chi connectivity index (χ1v) is 9.64. The lowest BCUT2D eigenvalue weighted by Crippen LogP contribution is -2.48. The number of carbonyl (C=O) groups is 1. The number of hydrogen-bond donors (Lipinski definition) is 0. The Balaban J connectivity index is 1.22. The number of carbonyl (C=O) groups excluding carboxylic acids is 1. The molecule has 7 heteroatoms. The maximum Gasteiger partial charge on any atom is 0.274 e. The van der Waals surface area contributed by atoms with E-state index in [1.807, 2.05) is 22.7 Å². The number of rotatable bonds is 3. The van der Waals surface area contributed by atoms with Crippen LogP contribution in [0.3, 0.4) is 0 Å². The van der Waals surface area contributed by atoms with Crippen molar-refractivity contribution in [3.05, 3.63) is 40.7 Å². The Bertz CT molecular complexity index is 884. The fourth-order valence-corrected chi connectivity index (χ4v) is 4.34. The van der Waals surface area contributed by atoms with Crippen molar-refractivity contribution in [1.82, 2.24) is 19.6 Å². The number of hydrogen-bond acceptors (Lipinski definition) is 5. The maximum atomic E-state index is 13.0. The lowest BCUT2D eigenvalue weighted by molar-refractivity contribution is 0.0621. The van der Waals surface area contributed by atoms with Gasteiger partial charge in [-0.2, -0.15) is 5.10 Å². The minimum absolute atomic E-state index is 0.0940. The topological polar surface area (TPSA) is 59.8 Å². The van der Waals surface area contributed by atoms with E-state index in [2.05, 4.69) is 22.1 Å². The van der Waals surface area contributed by atoms with Gasteiger partial charge in [-0.1, -0.05) is 6.07 Å². The molecule has 0 unspecified atom stereocenters. The van der Waals surface area contributed by atoms with Crippen molar-refractivity contribution in [2.45, 2.75) is 25.8 Å². The van der Waals surface area contributed by atoms with Crippen LogP contribution in [0.4, 0.5) is 0 Å². The van der Waals surface area contributed by atoms with Gasteiger partial charge < -0.3 is 14.4 Å². The molecular weight excluding hydrogens is 344 g/mol. The van der Waals surface area contributed by atoms with Crippen LogP contribution in [0, 0.1) is 0 Å². The Morgan fingerprint density at radius 2 is 1.93 bits per heavy atom. The van der Waals surface area contributed by atoms with Crippen molar-refractivity contribution < 1.29 is 14.3 Å². The minimum atomic E-state index is 0.0940. The third-order valence-electron chi connectivity index (χ3n) is 5.82. The molecule has 142 valence electrons. The van der Waals surface area contributed by atoms with Crippen molar-refractivity contribution in [3.8, 4) is 11.5 Å². The second kappa shape index (κ2) is 6.56. The summed E-state index contributed by atoms with van der Waals surface area (Å²) >= 11 is 0. The summed E-state index contributed by atoms with van der Waals surface area (Å²) < 4.78 is 12.7. The molecular formula is C20H24N4O3. The van der Waals surface area contributed by atoms with Crippen molar-refractivity contribution in [2.24, 2.45) is 7.05 Å². The van der Waals surface area contributed by atoms with Crippen molar-refractivity contribution >= 4 is 5.91 Å². The van der Waals surface area contributed by atoms with Gasteiger partial charge >= 0.3 is 0 Å². The maximum absolute atomic E-state index is 13.0. The number of piperazine rings is 1. The van der Waals surface area contributed by atoms with E-state index >= 15 is 0 Å². The van der Waals surface area contributed by atoms with E-state index in [0.29, 0.717) is 12.5 Å². The van der Waals surface area contributed by atoms with Crippen LogP contribution in [-0.4, -0.2) is 58.5 Å². The second-order valence-electron chi connectivity index (χ2n) is 7.51. The Labute approximate surface area is 158 Å². The highest BCUT2D eigenvalue weighted by Gasteiger charge is 2.30. The lowest BCUT2D eigenvalue weighted by Gasteiger charge is -2.34. The van der Waals surface area contributed by atoms with Gasteiger partial charge in [0.1, 0.15) is 0 Å². The quantitative estimate of drug-likeness (QED) is 0.824. The number of nitrogens with zero attached hydrogens (tertiary/aromatic N) is 4. The molecule has 1 amide bonds. The molecule has 5 rings (SSSR count). The van der Waals surface area contributed by atoms with Crippen LogP contribution in [0.15, 0.2) is 18.2 Å². The van der Waals surface area contributed by atoms with E-state index in [0.717, 1.165) is 63.5 Å². The fraction of sp³-hybridized carbons (Fsp3) is 0.500. The van der Waals surface area contributed by atoms with Gasteiger partial charge in [0.05, 0.1) is 0 Å². The Hall–Kier alpha value is -2.54. The van der Waals surface area contributed by atoms with Crippen LogP contribution in [0.5, 0.6) is 11.5 Å². The van der Waals surface area contributed by atoms with Crippen LogP contribution in [0.25, 0.3) is 0 Å². The second-order valence-corrected chi connectivity index (χ2v) is 7.51. The Morgan fingerprint density at radius 3 is 2.78 bits per heavy atom. The first-order chi connectivity index (χ1) is 13.2. The molecule has 0 radical (unpaired) electrons. The number of ether oxygens (including phenoxy) is 2. The summed E-state index contributed by atoms with van der Waals surface area (Å²) in [5.74, 6) is 1.74. The van der Waals surface area contributed by atoms with Crippen LogP contribution >= 0.6 is 0 Å². The van der Waals surface area contributed by atoms with Gasteiger partial charge in [-0.15, -0.1) is 0 Å². The predicted molar refractivity (Wildman–Crippen MR) is 99.0 cm³/mol. The summed E-state index contributed by atoms with van der Waals surface area (Å²) in [6.45, 7) is 4.39. The summed E-state index contributed by atoms with van der Waals surface area (Å²) in [5, 5.41) is 4.51. The number of benzene rings is 1. The van der Waals surface area contributed by atoms with E-state index in [-0.39, 0.29) is 5.91 Å². The number of aromatic nitrogens is 2. The highest BCUT2D eigenvalue weighted by Crippen LogP contribution is 2.33. The summed E-state index contributed by atoms with van der Waals surface area (Å²) in [7, 11) is 1.95. The molecule has 0 atom stereocenters. The third kappa shape index (κ3) is 2.96. The molecule has 7 nitrogen and oxygen atoms in total. The monoisotopic (exact) mass is 368 g/mol. The van der Waals surface area contributed by atoms with Gasteiger partial charge in [0.15, 0.2) is 17.2 Å². The van der Waals surface area contributed by atoms with Crippen LogP contribution in [0.1, 0.15) is 33.7 Å². The molecule has 1 saturated heterocycles. The van der Waals surface area contributed by atoms with E-state index in [4.69, 9.17) is 9.47 Å². The van der Waals surface area contributed by atoms with Gasteiger partial charge in [-0.3, -0.25) is 14.4 Å². The number of aryl methyl sites for hydroxylation is 1. The van der Waals surface area contributed by atoms with E-state index in [9.17, 15) is 4.79 Å². The first-order valence-electron chi connectivity index (χ1n) is 9.64. The van der Waals surface area contributed by atoms with Gasteiger partial charge in [0.2, 0.25) is 6.79 Å². The SMILES string of the molecule is Cn1nc(C(=O)N2CCN(Cc3ccc4c(c3)OCO4)CC2)c2c1CCC2. The van der Waals surface area contributed by atoms with Crippen LogP contribution < -0.4 is 9.47 Å². The highest BCUT2D eigenvalue weighted by molar-refractivity contribution is 5.94. The first kappa shape index (κ1) is 16.6. The Morgan fingerprint density at radius 1 is 1.11 bits per heavy atom. The van der Waals surface area contributed by atoms with E-state index in [1.165, 1.54) is 16.8 Å². The molecule has 2 aliphatic heterocycles. The molecule has 0 saturated carbocycles. The van der Waals surface area contributed by atoms with Crippen LogP contribution in [-0.2, 0) is 26.4 Å². The van der Waals surface area contributed by atoms with Gasteiger partial charge in [0.25, 0.3) is 5.91 Å². The zero-order valence-electron chi connectivity index (χ0n) is 15.6. The largest absolute Gasteiger partial charge is 0.454 e. The van der Waals surface area contributed by atoms with Crippen LogP contribution in [0.2, 0.25) is 0 Å². The molecule has 2 aromatic rings. The van der Waals surface area contributed by atoms with Crippen molar-refractivity contribution in [3.63, 3.8) is 0 Å². The van der Waals surface area contributed by atoms with Gasteiger partial charge in [0, 0.05) is 51.0 Å². The molecule has 1 aliphatic carbocycles. The fourth-order valence-electron chi connectivity index (χ4n) is 4.34. The summed E-state index contributed by atoms with van der Waals surface area (Å²) in [5.41, 5.74) is 4.29. The van der Waals surface area contributed by atoms with Crippen molar-refractivity contribution in [1.29, 1.82) is 0 Å². The minimum Gasteiger partial charge on any atom is -0.454 e. The number of amides is 1. The van der Waals surface area contributed by atoms with Crippen molar-refractivity contribution in [2.75, 3.05) is 33.0 Å². The normalized spacial score (nSPS) is 18.8. The summed E-state index contributed by atoms with van der Waals surface area (Å²) in [6, 6.07) is 6.11. The highest BCUT2D eigenvalue weighted by atomic mass is 16.7. The van der Waals surface area contributed by atoms with E-state index < -0.39 is 0 Å². The molecule has 27 heavy (non-hydrogen) atoms. The lowest BCUT2D eigenvalue weighted by atomic mass is 10.1. The zero-order chi connectivity index (χ0) is 18.4.